The minimum absolute atomic E-state index is 0.260. The van der Waals surface area contributed by atoms with Gasteiger partial charge in [0.15, 0.2) is 0 Å². The van der Waals surface area contributed by atoms with Crippen LogP contribution >= 0.6 is 27.5 Å². The summed E-state index contributed by atoms with van der Waals surface area (Å²) >= 11 is 9.22. The molecule has 2 rings (SSSR count). The lowest BCUT2D eigenvalue weighted by atomic mass is 10.1. The SMILES string of the molecule is Cc1cc(Br)c(NCCCOc2ccc(Cl)cc2)c(C(=O)O)c1. The smallest absolute Gasteiger partial charge is 0.337 e. The van der Waals surface area contributed by atoms with Gasteiger partial charge in [0, 0.05) is 16.0 Å². The lowest BCUT2D eigenvalue weighted by Gasteiger charge is -2.13. The van der Waals surface area contributed by atoms with Gasteiger partial charge in [0.2, 0.25) is 0 Å². The minimum atomic E-state index is -0.950. The Morgan fingerprint density at radius 1 is 1.30 bits per heavy atom. The number of aromatic carboxylic acids is 1. The number of anilines is 1. The van der Waals surface area contributed by atoms with Crippen LogP contribution in [0.25, 0.3) is 0 Å². The van der Waals surface area contributed by atoms with Crippen molar-refractivity contribution >= 4 is 39.2 Å². The highest BCUT2D eigenvalue weighted by Gasteiger charge is 2.13. The second-order valence-electron chi connectivity index (χ2n) is 5.06. The van der Waals surface area contributed by atoms with E-state index in [1.165, 1.54) is 0 Å². The number of halogens is 2. The van der Waals surface area contributed by atoms with Crippen LogP contribution in [0, 0.1) is 6.92 Å². The summed E-state index contributed by atoms with van der Waals surface area (Å²) in [6, 6.07) is 10.7. The molecule has 0 aromatic heterocycles. The van der Waals surface area contributed by atoms with Crippen molar-refractivity contribution in [3.05, 3.63) is 57.0 Å². The molecule has 0 aliphatic heterocycles. The van der Waals surface area contributed by atoms with E-state index in [1.807, 2.05) is 25.1 Å². The minimum Gasteiger partial charge on any atom is -0.494 e. The zero-order valence-corrected chi connectivity index (χ0v) is 14.9. The maximum Gasteiger partial charge on any atom is 0.337 e. The molecule has 0 spiro atoms. The maximum atomic E-state index is 11.3. The quantitative estimate of drug-likeness (QED) is 0.645. The van der Waals surface area contributed by atoms with Crippen LogP contribution in [0.3, 0.4) is 0 Å². The third-order valence-corrected chi connectivity index (χ3v) is 4.05. The Labute approximate surface area is 148 Å². The Bertz CT molecular complexity index is 689. The van der Waals surface area contributed by atoms with E-state index in [4.69, 9.17) is 16.3 Å². The van der Waals surface area contributed by atoms with Crippen molar-refractivity contribution in [3.63, 3.8) is 0 Å². The van der Waals surface area contributed by atoms with Crippen molar-refractivity contribution in [1.29, 1.82) is 0 Å². The first-order chi connectivity index (χ1) is 11.0. The summed E-state index contributed by atoms with van der Waals surface area (Å²) in [5.41, 5.74) is 1.75. The molecule has 4 nitrogen and oxygen atoms in total. The molecule has 0 saturated carbocycles. The largest absolute Gasteiger partial charge is 0.494 e. The van der Waals surface area contributed by atoms with E-state index in [9.17, 15) is 9.90 Å². The normalized spacial score (nSPS) is 10.4. The topological polar surface area (TPSA) is 58.6 Å². The average molecular weight is 399 g/mol. The van der Waals surface area contributed by atoms with Gasteiger partial charge in [-0.15, -0.1) is 0 Å². The van der Waals surface area contributed by atoms with Crippen molar-refractivity contribution in [2.24, 2.45) is 0 Å². The molecule has 0 amide bonds. The number of ether oxygens (including phenoxy) is 1. The Hall–Kier alpha value is -1.72. The van der Waals surface area contributed by atoms with Crippen LogP contribution in [0.15, 0.2) is 40.9 Å². The molecule has 0 aliphatic rings. The van der Waals surface area contributed by atoms with Gasteiger partial charge >= 0.3 is 5.97 Å². The molecule has 0 aliphatic carbocycles. The number of aryl methyl sites for hydroxylation is 1. The van der Waals surface area contributed by atoms with Gasteiger partial charge in [0.1, 0.15) is 5.75 Å². The van der Waals surface area contributed by atoms with Gasteiger partial charge in [0.25, 0.3) is 0 Å². The Balaban J connectivity index is 1.87. The first-order valence-electron chi connectivity index (χ1n) is 7.13. The fourth-order valence-electron chi connectivity index (χ4n) is 2.10. The number of hydrogen-bond acceptors (Lipinski definition) is 3. The Morgan fingerprint density at radius 3 is 2.65 bits per heavy atom. The van der Waals surface area contributed by atoms with E-state index in [-0.39, 0.29) is 5.56 Å². The first-order valence-corrected chi connectivity index (χ1v) is 8.30. The molecule has 122 valence electrons. The molecule has 2 aromatic rings. The molecule has 0 bridgehead atoms. The third kappa shape index (κ3) is 5.15. The molecule has 0 saturated heterocycles. The molecule has 0 heterocycles. The van der Waals surface area contributed by atoms with Gasteiger partial charge in [0.05, 0.1) is 17.9 Å². The van der Waals surface area contributed by atoms with Crippen LogP contribution in [-0.2, 0) is 0 Å². The van der Waals surface area contributed by atoms with E-state index in [0.29, 0.717) is 23.9 Å². The summed E-state index contributed by atoms with van der Waals surface area (Å²) in [5.74, 6) is -0.188. The van der Waals surface area contributed by atoms with Crippen molar-refractivity contribution in [3.8, 4) is 5.75 Å². The first kappa shape index (κ1) is 17.6. The van der Waals surface area contributed by atoms with Crippen LogP contribution in [0.5, 0.6) is 5.75 Å². The van der Waals surface area contributed by atoms with Gasteiger partial charge in [-0.3, -0.25) is 0 Å². The number of hydrogen-bond donors (Lipinski definition) is 2. The maximum absolute atomic E-state index is 11.3. The molecule has 2 N–H and O–H groups in total. The molecule has 23 heavy (non-hydrogen) atoms. The fraction of sp³-hybridized carbons (Fsp3) is 0.235. The van der Waals surface area contributed by atoms with Crippen molar-refractivity contribution in [2.75, 3.05) is 18.5 Å². The molecular formula is C17H17BrClNO3. The molecule has 0 atom stereocenters. The number of benzene rings is 2. The van der Waals surface area contributed by atoms with Gasteiger partial charge in [-0.25, -0.2) is 4.79 Å². The zero-order valence-electron chi connectivity index (χ0n) is 12.6. The number of rotatable bonds is 7. The van der Waals surface area contributed by atoms with Crippen molar-refractivity contribution in [1.82, 2.24) is 0 Å². The summed E-state index contributed by atoms with van der Waals surface area (Å²) in [4.78, 5) is 11.3. The third-order valence-electron chi connectivity index (χ3n) is 3.17. The molecule has 2 aromatic carbocycles. The Kier molecular flexibility index (Phi) is 6.30. The summed E-state index contributed by atoms with van der Waals surface area (Å²) < 4.78 is 6.34. The fourth-order valence-corrected chi connectivity index (χ4v) is 2.94. The average Bonchev–Trinajstić information content (AvgIpc) is 2.50. The summed E-state index contributed by atoms with van der Waals surface area (Å²) in [7, 11) is 0. The highest BCUT2D eigenvalue weighted by molar-refractivity contribution is 9.10. The summed E-state index contributed by atoms with van der Waals surface area (Å²) in [5, 5.41) is 13.1. The Morgan fingerprint density at radius 2 is 2.00 bits per heavy atom. The number of carboxylic acids is 1. The van der Waals surface area contributed by atoms with E-state index in [2.05, 4.69) is 21.2 Å². The van der Waals surface area contributed by atoms with E-state index < -0.39 is 5.97 Å². The summed E-state index contributed by atoms with van der Waals surface area (Å²) in [6.07, 6.45) is 0.738. The second-order valence-corrected chi connectivity index (χ2v) is 6.35. The molecular weight excluding hydrogens is 382 g/mol. The van der Waals surface area contributed by atoms with Gasteiger partial charge in [-0.1, -0.05) is 11.6 Å². The predicted octanol–water partition coefficient (Wildman–Crippen LogP) is 4.99. The van der Waals surface area contributed by atoms with E-state index >= 15 is 0 Å². The predicted molar refractivity (Wildman–Crippen MR) is 95.9 cm³/mol. The van der Waals surface area contributed by atoms with Crippen molar-refractivity contribution in [2.45, 2.75) is 13.3 Å². The lowest BCUT2D eigenvalue weighted by Crippen LogP contribution is -2.11. The lowest BCUT2D eigenvalue weighted by molar-refractivity contribution is 0.0697. The molecule has 0 unspecified atom stereocenters. The monoisotopic (exact) mass is 397 g/mol. The standard InChI is InChI=1S/C17H17BrClNO3/c1-11-9-14(17(21)22)16(15(18)10-11)20-7-2-8-23-13-5-3-12(19)4-6-13/h3-6,9-10,20H,2,7-8H2,1H3,(H,21,22). The number of carboxylic acid groups (broad SMARTS) is 1. The molecule has 0 radical (unpaired) electrons. The van der Waals surface area contributed by atoms with E-state index in [1.54, 1.807) is 18.2 Å². The van der Waals surface area contributed by atoms with Crippen LogP contribution in [0.1, 0.15) is 22.3 Å². The summed E-state index contributed by atoms with van der Waals surface area (Å²) in [6.45, 7) is 3.00. The molecule has 6 heteroatoms. The van der Waals surface area contributed by atoms with Crippen LogP contribution in [0.4, 0.5) is 5.69 Å². The van der Waals surface area contributed by atoms with Gasteiger partial charge in [-0.05, 0) is 71.2 Å². The number of nitrogens with one attached hydrogen (secondary N) is 1. The van der Waals surface area contributed by atoms with Crippen LogP contribution in [0.2, 0.25) is 5.02 Å². The van der Waals surface area contributed by atoms with Gasteiger partial charge in [-0.2, -0.15) is 0 Å². The zero-order chi connectivity index (χ0) is 16.8. The highest BCUT2D eigenvalue weighted by Crippen LogP contribution is 2.28. The van der Waals surface area contributed by atoms with Crippen LogP contribution < -0.4 is 10.1 Å². The number of carbonyl (C=O) groups is 1. The van der Waals surface area contributed by atoms with E-state index in [0.717, 1.165) is 22.2 Å². The van der Waals surface area contributed by atoms with Crippen molar-refractivity contribution < 1.29 is 14.6 Å². The second kappa shape index (κ2) is 8.22. The van der Waals surface area contributed by atoms with Crippen LogP contribution in [-0.4, -0.2) is 24.2 Å². The molecule has 0 fully saturated rings. The highest BCUT2D eigenvalue weighted by atomic mass is 79.9. The van der Waals surface area contributed by atoms with Gasteiger partial charge < -0.3 is 15.2 Å².